The van der Waals surface area contributed by atoms with Gasteiger partial charge in [-0.15, -0.1) is 16.4 Å². The van der Waals surface area contributed by atoms with Crippen molar-refractivity contribution in [3.63, 3.8) is 0 Å². The number of nitrogens with zero attached hydrogens (tertiary/aromatic N) is 5. The second-order valence-electron chi connectivity index (χ2n) is 6.24. The number of amides is 2. The van der Waals surface area contributed by atoms with Gasteiger partial charge in [0.1, 0.15) is 6.33 Å². The number of benzene rings is 2. The molecule has 2 amide bonds. The lowest BCUT2D eigenvalue weighted by molar-refractivity contribution is -0.115. The molecule has 0 saturated carbocycles. The maximum atomic E-state index is 12.8. The van der Waals surface area contributed by atoms with Crippen molar-refractivity contribution in [2.45, 2.75) is 13.3 Å². The van der Waals surface area contributed by atoms with Crippen molar-refractivity contribution >= 4 is 34.0 Å². The van der Waals surface area contributed by atoms with Crippen molar-refractivity contribution in [2.24, 2.45) is 0 Å². The summed E-state index contributed by atoms with van der Waals surface area (Å²) in [5.41, 5.74) is 3.35. The zero-order chi connectivity index (χ0) is 20.9. The first kappa shape index (κ1) is 19.4. The van der Waals surface area contributed by atoms with E-state index in [0.717, 1.165) is 16.9 Å². The van der Waals surface area contributed by atoms with Crippen LogP contribution in [0.4, 0.5) is 10.8 Å². The van der Waals surface area contributed by atoms with E-state index in [0.29, 0.717) is 22.8 Å². The molecule has 4 rings (SSSR count). The minimum Gasteiger partial charge on any atom is -0.326 e. The topological polar surface area (TPSA) is 115 Å². The van der Waals surface area contributed by atoms with E-state index in [1.165, 1.54) is 22.3 Å². The van der Waals surface area contributed by atoms with Crippen LogP contribution in [0.1, 0.15) is 23.7 Å². The molecule has 0 unspecified atom stereocenters. The molecule has 0 bridgehead atoms. The molecule has 2 heterocycles. The Morgan fingerprint density at radius 2 is 1.87 bits per heavy atom. The molecule has 2 N–H and O–H groups in total. The zero-order valence-electron chi connectivity index (χ0n) is 15.9. The van der Waals surface area contributed by atoms with Crippen LogP contribution in [0.3, 0.4) is 0 Å². The lowest BCUT2D eigenvalue weighted by atomic mass is 10.1. The Morgan fingerprint density at radius 1 is 1.07 bits per heavy atom. The van der Waals surface area contributed by atoms with E-state index in [2.05, 4.69) is 31.1 Å². The van der Waals surface area contributed by atoms with E-state index < -0.39 is 0 Å². The summed E-state index contributed by atoms with van der Waals surface area (Å²) in [7, 11) is 0. The fourth-order valence-electron chi connectivity index (χ4n) is 2.74. The molecule has 0 aliphatic heterocycles. The SMILES string of the molecule is CCC(=O)Nc1ccc(-c2csc(NC(=O)c3ccccc3-n3cnnn3)n2)cc1. The number of thiazole rings is 1. The average molecular weight is 419 g/mol. The number of hydrogen-bond acceptors (Lipinski definition) is 7. The Kier molecular flexibility index (Phi) is 5.57. The van der Waals surface area contributed by atoms with Gasteiger partial charge in [-0.25, -0.2) is 4.98 Å². The minimum atomic E-state index is -0.306. The molecule has 2 aromatic carbocycles. The van der Waals surface area contributed by atoms with Crippen molar-refractivity contribution in [2.75, 3.05) is 10.6 Å². The predicted octanol–water partition coefficient (Wildman–Crippen LogP) is 3.39. The number of para-hydroxylation sites is 1. The Bertz CT molecular complexity index is 1170. The molecule has 10 heteroatoms. The Morgan fingerprint density at radius 3 is 2.60 bits per heavy atom. The van der Waals surface area contributed by atoms with Crippen molar-refractivity contribution < 1.29 is 9.59 Å². The Labute approximate surface area is 175 Å². The van der Waals surface area contributed by atoms with Gasteiger partial charge in [-0.2, -0.15) is 4.68 Å². The molecule has 2 aromatic heterocycles. The van der Waals surface area contributed by atoms with E-state index in [1.54, 1.807) is 25.1 Å². The van der Waals surface area contributed by atoms with Gasteiger partial charge >= 0.3 is 0 Å². The highest BCUT2D eigenvalue weighted by molar-refractivity contribution is 7.14. The second kappa shape index (κ2) is 8.62. The number of hydrogen-bond donors (Lipinski definition) is 2. The lowest BCUT2D eigenvalue weighted by Gasteiger charge is -2.07. The van der Waals surface area contributed by atoms with Crippen molar-refractivity contribution in [3.05, 3.63) is 65.8 Å². The highest BCUT2D eigenvalue weighted by Crippen LogP contribution is 2.27. The summed E-state index contributed by atoms with van der Waals surface area (Å²) in [4.78, 5) is 28.8. The molecule has 4 aromatic rings. The summed E-state index contributed by atoms with van der Waals surface area (Å²) in [6, 6.07) is 14.4. The molecule has 30 heavy (non-hydrogen) atoms. The molecule has 0 radical (unpaired) electrons. The summed E-state index contributed by atoms with van der Waals surface area (Å²) in [5.74, 6) is -0.344. The molecule has 0 saturated heterocycles. The quantitative estimate of drug-likeness (QED) is 0.495. The third-order valence-electron chi connectivity index (χ3n) is 4.25. The van der Waals surface area contributed by atoms with Gasteiger partial charge < -0.3 is 5.32 Å². The molecular weight excluding hydrogens is 402 g/mol. The first-order valence-electron chi connectivity index (χ1n) is 9.13. The van der Waals surface area contributed by atoms with Crippen LogP contribution in [0.2, 0.25) is 0 Å². The van der Waals surface area contributed by atoms with Crippen LogP contribution in [0.15, 0.2) is 60.2 Å². The Hall–Kier alpha value is -3.92. The fourth-order valence-corrected chi connectivity index (χ4v) is 3.45. The molecule has 0 aliphatic rings. The molecule has 150 valence electrons. The van der Waals surface area contributed by atoms with Crippen LogP contribution in [-0.2, 0) is 4.79 Å². The highest BCUT2D eigenvalue weighted by Gasteiger charge is 2.15. The first-order valence-corrected chi connectivity index (χ1v) is 10.0. The maximum absolute atomic E-state index is 12.8. The summed E-state index contributed by atoms with van der Waals surface area (Å²) in [6.45, 7) is 1.80. The van der Waals surface area contributed by atoms with Crippen molar-refractivity contribution in [1.29, 1.82) is 0 Å². The maximum Gasteiger partial charge on any atom is 0.259 e. The number of aromatic nitrogens is 5. The summed E-state index contributed by atoms with van der Waals surface area (Å²) in [5, 5.41) is 19.0. The largest absolute Gasteiger partial charge is 0.326 e. The third kappa shape index (κ3) is 4.23. The van der Waals surface area contributed by atoms with E-state index in [1.807, 2.05) is 35.7 Å². The van der Waals surface area contributed by atoms with Crippen molar-refractivity contribution in [1.82, 2.24) is 25.2 Å². The Balaban J connectivity index is 1.49. The van der Waals surface area contributed by atoms with Crippen molar-refractivity contribution in [3.8, 4) is 16.9 Å². The average Bonchev–Trinajstić information content (AvgIpc) is 3.46. The minimum absolute atomic E-state index is 0.0386. The number of rotatable bonds is 6. The van der Waals surface area contributed by atoms with Gasteiger partial charge in [0.05, 0.1) is 16.9 Å². The monoisotopic (exact) mass is 419 g/mol. The normalized spacial score (nSPS) is 10.6. The standard InChI is InChI=1S/C20H17N7O2S/c1-2-18(28)22-14-9-7-13(8-10-14)16-11-30-20(23-16)24-19(29)15-5-3-4-6-17(15)27-12-21-25-26-27/h3-12H,2H2,1H3,(H,22,28)(H,23,24,29). The van der Waals surface area contributed by atoms with Crippen LogP contribution < -0.4 is 10.6 Å². The fraction of sp³-hybridized carbons (Fsp3) is 0.100. The van der Waals surface area contributed by atoms with Gasteiger partial charge in [-0.1, -0.05) is 31.2 Å². The molecule has 0 aliphatic carbocycles. The molecule has 9 nitrogen and oxygen atoms in total. The third-order valence-corrected chi connectivity index (χ3v) is 5.01. The summed E-state index contributed by atoms with van der Waals surface area (Å²) >= 11 is 1.33. The lowest BCUT2D eigenvalue weighted by Crippen LogP contribution is -2.15. The van der Waals surface area contributed by atoms with Gasteiger partial charge in [0.25, 0.3) is 5.91 Å². The van der Waals surface area contributed by atoms with E-state index in [4.69, 9.17) is 0 Å². The number of carbonyl (C=O) groups is 2. The number of tetrazole rings is 1. The van der Waals surface area contributed by atoms with Crippen LogP contribution in [0, 0.1) is 0 Å². The van der Waals surface area contributed by atoms with E-state index in [9.17, 15) is 9.59 Å². The number of carbonyl (C=O) groups excluding carboxylic acids is 2. The summed E-state index contributed by atoms with van der Waals surface area (Å²) < 4.78 is 1.43. The van der Waals surface area contributed by atoms with Gasteiger partial charge in [0.2, 0.25) is 5.91 Å². The van der Waals surface area contributed by atoms with Gasteiger partial charge in [0, 0.05) is 23.1 Å². The molecular formula is C20H17N7O2S. The van der Waals surface area contributed by atoms with Gasteiger partial charge in [-0.05, 0) is 34.7 Å². The molecule has 0 atom stereocenters. The summed E-state index contributed by atoms with van der Waals surface area (Å²) in [6.07, 6.45) is 1.85. The zero-order valence-corrected chi connectivity index (χ0v) is 16.8. The van der Waals surface area contributed by atoms with Gasteiger partial charge in [-0.3, -0.25) is 14.9 Å². The smallest absolute Gasteiger partial charge is 0.259 e. The van der Waals surface area contributed by atoms with Crippen LogP contribution in [0.5, 0.6) is 0 Å². The molecule has 0 spiro atoms. The van der Waals surface area contributed by atoms with Crippen LogP contribution >= 0.6 is 11.3 Å². The second-order valence-corrected chi connectivity index (χ2v) is 7.10. The van der Waals surface area contributed by atoms with Crippen LogP contribution in [0.25, 0.3) is 16.9 Å². The molecule has 0 fully saturated rings. The van der Waals surface area contributed by atoms with E-state index >= 15 is 0 Å². The predicted molar refractivity (Wildman–Crippen MR) is 114 cm³/mol. The van der Waals surface area contributed by atoms with Gasteiger partial charge in [0.15, 0.2) is 5.13 Å². The first-order chi connectivity index (χ1) is 14.6. The highest BCUT2D eigenvalue weighted by atomic mass is 32.1. The van der Waals surface area contributed by atoms with Crippen LogP contribution in [-0.4, -0.2) is 37.0 Å². The van der Waals surface area contributed by atoms with E-state index in [-0.39, 0.29) is 11.8 Å². The number of nitrogens with one attached hydrogen (secondary N) is 2. The number of anilines is 2.